The van der Waals surface area contributed by atoms with Crippen molar-refractivity contribution in [2.45, 2.75) is 19.4 Å². The Kier molecular flexibility index (Phi) is 6.74. The van der Waals surface area contributed by atoms with E-state index in [-0.39, 0.29) is 11.3 Å². The molecule has 0 radical (unpaired) electrons. The molecule has 5 nitrogen and oxygen atoms in total. The zero-order chi connectivity index (χ0) is 20.6. The van der Waals surface area contributed by atoms with Crippen LogP contribution in [0.5, 0.6) is 17.2 Å². The number of phenolic OH excluding ortho intramolecular Hbond substituents is 1. The lowest BCUT2D eigenvalue weighted by atomic mass is 10.0. The van der Waals surface area contributed by atoms with Gasteiger partial charge >= 0.3 is 5.97 Å². The van der Waals surface area contributed by atoms with Crippen molar-refractivity contribution in [3.8, 4) is 17.2 Å². The molecule has 0 unspecified atom stereocenters. The van der Waals surface area contributed by atoms with Crippen molar-refractivity contribution in [2.75, 3.05) is 14.2 Å². The molecule has 0 aliphatic rings. The summed E-state index contributed by atoms with van der Waals surface area (Å²) >= 11 is 0. The number of rotatable bonds is 8. The van der Waals surface area contributed by atoms with Crippen LogP contribution in [0.25, 0.3) is 0 Å². The lowest BCUT2D eigenvalue weighted by molar-refractivity contribution is 0.0597. The van der Waals surface area contributed by atoms with E-state index in [9.17, 15) is 9.90 Å². The Balaban J connectivity index is 1.73. The van der Waals surface area contributed by atoms with Gasteiger partial charge in [-0.1, -0.05) is 36.4 Å². The number of aromatic hydroxyl groups is 1. The Bertz CT molecular complexity index is 966. The number of ether oxygens (including phenoxy) is 3. The van der Waals surface area contributed by atoms with Crippen molar-refractivity contribution < 1.29 is 24.1 Å². The monoisotopic (exact) mass is 392 g/mol. The second kappa shape index (κ2) is 9.64. The van der Waals surface area contributed by atoms with Crippen molar-refractivity contribution in [3.05, 3.63) is 89.0 Å². The topological polar surface area (TPSA) is 65.0 Å². The van der Waals surface area contributed by atoms with E-state index in [1.165, 1.54) is 7.11 Å². The number of carbonyl (C=O) groups excluding carboxylic acids is 1. The Morgan fingerprint density at radius 1 is 0.897 bits per heavy atom. The van der Waals surface area contributed by atoms with Crippen molar-refractivity contribution in [1.29, 1.82) is 0 Å². The smallest absolute Gasteiger partial charge is 0.341 e. The predicted octanol–water partition coefficient (Wildman–Crippen LogP) is 4.55. The first kappa shape index (κ1) is 20.3. The summed E-state index contributed by atoms with van der Waals surface area (Å²) in [6.07, 6.45) is 1.36. The minimum atomic E-state index is -0.557. The maximum absolute atomic E-state index is 11.6. The molecule has 3 rings (SSSR count). The van der Waals surface area contributed by atoms with E-state index in [2.05, 4.69) is 4.74 Å². The molecule has 0 amide bonds. The molecule has 0 aliphatic heterocycles. The van der Waals surface area contributed by atoms with Gasteiger partial charge in [0.05, 0.1) is 14.2 Å². The SMILES string of the molecule is COC(=O)c1ccc(CCc2cc(OC)ccc2OCc2ccccc2)cc1O. The molecule has 1 N–H and O–H groups in total. The van der Waals surface area contributed by atoms with E-state index >= 15 is 0 Å². The quantitative estimate of drug-likeness (QED) is 0.570. The molecular weight excluding hydrogens is 368 g/mol. The molecule has 3 aromatic rings. The first-order valence-corrected chi connectivity index (χ1v) is 9.34. The first-order valence-electron chi connectivity index (χ1n) is 9.34. The van der Waals surface area contributed by atoms with Gasteiger partial charge in [0.1, 0.15) is 29.4 Å². The summed E-state index contributed by atoms with van der Waals surface area (Å²) in [4.78, 5) is 11.6. The Hall–Kier alpha value is -3.47. The molecule has 0 saturated carbocycles. The maximum Gasteiger partial charge on any atom is 0.341 e. The van der Waals surface area contributed by atoms with Crippen LogP contribution in [0.1, 0.15) is 27.0 Å². The molecule has 0 bridgehead atoms. The van der Waals surface area contributed by atoms with Crippen LogP contribution in [0.2, 0.25) is 0 Å². The third kappa shape index (κ3) is 5.29. The second-order valence-corrected chi connectivity index (χ2v) is 6.59. The largest absolute Gasteiger partial charge is 0.507 e. The molecular formula is C24H24O5. The summed E-state index contributed by atoms with van der Waals surface area (Å²) in [7, 11) is 2.92. The average molecular weight is 392 g/mol. The number of benzene rings is 3. The van der Waals surface area contributed by atoms with E-state index in [1.807, 2.05) is 54.6 Å². The lowest BCUT2D eigenvalue weighted by Crippen LogP contribution is -2.03. The fourth-order valence-electron chi connectivity index (χ4n) is 3.05. The third-order valence-corrected chi connectivity index (χ3v) is 4.66. The Morgan fingerprint density at radius 3 is 2.38 bits per heavy atom. The van der Waals surface area contributed by atoms with E-state index in [1.54, 1.807) is 19.2 Å². The highest BCUT2D eigenvalue weighted by Crippen LogP contribution is 2.27. The number of aryl methyl sites for hydroxylation is 2. The van der Waals surface area contributed by atoms with E-state index in [0.29, 0.717) is 19.4 Å². The zero-order valence-corrected chi connectivity index (χ0v) is 16.6. The van der Waals surface area contributed by atoms with Gasteiger partial charge in [-0.25, -0.2) is 4.79 Å². The Labute approximate surface area is 170 Å². The van der Waals surface area contributed by atoms with Crippen LogP contribution in [0.3, 0.4) is 0 Å². The van der Waals surface area contributed by atoms with Crippen molar-refractivity contribution in [3.63, 3.8) is 0 Å². The maximum atomic E-state index is 11.6. The van der Waals surface area contributed by atoms with Gasteiger partial charge in [-0.15, -0.1) is 0 Å². The molecule has 0 aromatic heterocycles. The average Bonchev–Trinajstić information content (AvgIpc) is 2.76. The van der Waals surface area contributed by atoms with Gasteiger partial charge in [0.25, 0.3) is 0 Å². The molecule has 150 valence electrons. The fraction of sp³-hybridized carbons (Fsp3) is 0.208. The number of hydrogen-bond donors (Lipinski definition) is 1. The van der Waals surface area contributed by atoms with Gasteiger partial charge in [-0.2, -0.15) is 0 Å². The molecule has 5 heteroatoms. The normalized spacial score (nSPS) is 10.4. The Morgan fingerprint density at radius 2 is 1.69 bits per heavy atom. The molecule has 3 aromatic carbocycles. The van der Waals surface area contributed by atoms with Crippen LogP contribution in [-0.4, -0.2) is 25.3 Å². The lowest BCUT2D eigenvalue weighted by Gasteiger charge is -2.14. The standard InChI is InChI=1S/C24H24O5/c1-27-20-11-13-23(29-16-18-6-4-3-5-7-18)19(15-20)10-8-17-9-12-21(22(25)14-17)24(26)28-2/h3-7,9,11-15,25H,8,10,16H2,1-2H3. The number of hydrogen-bond acceptors (Lipinski definition) is 5. The second-order valence-electron chi connectivity index (χ2n) is 6.59. The summed E-state index contributed by atoms with van der Waals surface area (Å²) in [5.74, 6) is 0.917. The summed E-state index contributed by atoms with van der Waals surface area (Å²) in [6, 6.07) is 20.7. The van der Waals surface area contributed by atoms with Crippen molar-refractivity contribution in [1.82, 2.24) is 0 Å². The third-order valence-electron chi connectivity index (χ3n) is 4.66. The van der Waals surface area contributed by atoms with Gasteiger partial charge in [0.2, 0.25) is 0 Å². The summed E-state index contributed by atoms with van der Waals surface area (Å²) in [5.41, 5.74) is 3.17. The van der Waals surface area contributed by atoms with Crippen LogP contribution in [0.4, 0.5) is 0 Å². The molecule has 0 spiro atoms. The number of esters is 1. The van der Waals surface area contributed by atoms with Gasteiger partial charge in [-0.3, -0.25) is 0 Å². The summed E-state index contributed by atoms with van der Waals surface area (Å²) in [5, 5.41) is 10.1. The molecule has 0 heterocycles. The van der Waals surface area contributed by atoms with Gasteiger partial charge in [0, 0.05) is 0 Å². The summed E-state index contributed by atoms with van der Waals surface area (Å²) in [6.45, 7) is 0.481. The number of phenols is 1. The van der Waals surface area contributed by atoms with Crippen LogP contribution >= 0.6 is 0 Å². The van der Waals surface area contributed by atoms with Crippen LogP contribution < -0.4 is 9.47 Å². The summed E-state index contributed by atoms with van der Waals surface area (Å²) < 4.78 is 16.0. The van der Waals surface area contributed by atoms with Gasteiger partial charge < -0.3 is 19.3 Å². The van der Waals surface area contributed by atoms with Gasteiger partial charge in [-0.05, 0) is 59.9 Å². The predicted molar refractivity (Wildman–Crippen MR) is 111 cm³/mol. The van der Waals surface area contributed by atoms with E-state index < -0.39 is 5.97 Å². The molecule has 0 atom stereocenters. The molecule has 0 saturated heterocycles. The highest BCUT2D eigenvalue weighted by atomic mass is 16.5. The van der Waals surface area contributed by atoms with Crippen molar-refractivity contribution in [2.24, 2.45) is 0 Å². The van der Waals surface area contributed by atoms with Crippen molar-refractivity contribution >= 4 is 5.97 Å². The van der Waals surface area contributed by atoms with Crippen LogP contribution in [0.15, 0.2) is 66.7 Å². The fourth-order valence-corrected chi connectivity index (χ4v) is 3.05. The first-order chi connectivity index (χ1) is 14.1. The molecule has 29 heavy (non-hydrogen) atoms. The minimum absolute atomic E-state index is 0.0828. The van der Waals surface area contributed by atoms with Gasteiger partial charge in [0.15, 0.2) is 0 Å². The highest BCUT2D eigenvalue weighted by molar-refractivity contribution is 5.92. The molecule has 0 aliphatic carbocycles. The van der Waals surface area contributed by atoms with Crippen LogP contribution in [-0.2, 0) is 24.2 Å². The van der Waals surface area contributed by atoms with E-state index in [0.717, 1.165) is 28.2 Å². The minimum Gasteiger partial charge on any atom is -0.507 e. The molecule has 0 fully saturated rings. The number of methoxy groups -OCH3 is 2. The highest BCUT2D eigenvalue weighted by Gasteiger charge is 2.12. The number of carbonyl (C=O) groups is 1. The van der Waals surface area contributed by atoms with E-state index in [4.69, 9.17) is 9.47 Å². The zero-order valence-electron chi connectivity index (χ0n) is 16.6. The van der Waals surface area contributed by atoms with Crippen LogP contribution in [0, 0.1) is 0 Å².